The summed E-state index contributed by atoms with van der Waals surface area (Å²) in [5.41, 5.74) is 4.50. The minimum atomic E-state index is -0.267. The van der Waals surface area contributed by atoms with Gasteiger partial charge in [0.25, 0.3) is 0 Å². The van der Waals surface area contributed by atoms with Crippen molar-refractivity contribution in [3.8, 4) is 11.5 Å². The van der Waals surface area contributed by atoms with Crippen LogP contribution in [0.2, 0.25) is 0 Å². The molecule has 0 aliphatic carbocycles. The molecule has 0 aliphatic heterocycles. The number of benzene rings is 1. The summed E-state index contributed by atoms with van der Waals surface area (Å²) in [6.45, 7) is 3.99. The maximum atomic E-state index is 5.73. The second-order valence-corrected chi connectivity index (χ2v) is 4.93. The van der Waals surface area contributed by atoms with Gasteiger partial charge >= 0.3 is 0 Å². The highest BCUT2D eigenvalue weighted by Crippen LogP contribution is 2.29. The van der Waals surface area contributed by atoms with Gasteiger partial charge in [-0.1, -0.05) is 12.1 Å². The number of pyridine rings is 1. The second-order valence-electron chi connectivity index (χ2n) is 4.93. The zero-order valence-corrected chi connectivity index (χ0v) is 12.5. The molecule has 0 saturated carbocycles. The Balaban J connectivity index is 2.37. The lowest BCUT2D eigenvalue weighted by atomic mass is 10.0. The first kappa shape index (κ1) is 15.3. The Morgan fingerprint density at radius 3 is 2.67 bits per heavy atom. The number of methoxy groups -OCH3 is 1. The molecule has 1 atom stereocenters. The molecule has 5 heteroatoms. The van der Waals surface area contributed by atoms with E-state index >= 15 is 0 Å². The monoisotopic (exact) mass is 287 g/mol. The van der Waals surface area contributed by atoms with Crippen LogP contribution in [0.25, 0.3) is 0 Å². The van der Waals surface area contributed by atoms with Gasteiger partial charge in [0.15, 0.2) is 0 Å². The highest BCUT2D eigenvalue weighted by Gasteiger charge is 2.18. The van der Waals surface area contributed by atoms with E-state index in [1.54, 1.807) is 13.3 Å². The number of nitrogens with zero attached hydrogens (tertiary/aromatic N) is 1. The van der Waals surface area contributed by atoms with Gasteiger partial charge in [-0.25, -0.2) is 5.43 Å². The molecule has 0 fully saturated rings. The largest absolute Gasteiger partial charge is 0.495 e. The van der Waals surface area contributed by atoms with Gasteiger partial charge in [-0.3, -0.25) is 10.8 Å². The second kappa shape index (κ2) is 7.06. The predicted molar refractivity (Wildman–Crippen MR) is 82.2 cm³/mol. The zero-order valence-electron chi connectivity index (χ0n) is 12.5. The molecule has 0 bridgehead atoms. The standard InChI is InChI=1S/C16H21N3O2/c1-11(2)21-13-7-4-6-12(10-13)15(19-17)16-14(20-3)8-5-9-18-16/h4-11,15,19H,17H2,1-3H3. The number of hydrazine groups is 1. The Morgan fingerprint density at radius 1 is 1.19 bits per heavy atom. The molecule has 0 radical (unpaired) electrons. The van der Waals surface area contributed by atoms with Crippen molar-refractivity contribution in [1.29, 1.82) is 0 Å². The Labute approximate surface area is 125 Å². The van der Waals surface area contributed by atoms with Crippen molar-refractivity contribution in [2.24, 2.45) is 5.84 Å². The van der Waals surface area contributed by atoms with E-state index in [1.165, 1.54) is 0 Å². The van der Waals surface area contributed by atoms with Crippen LogP contribution in [0.3, 0.4) is 0 Å². The molecule has 3 N–H and O–H groups in total. The van der Waals surface area contributed by atoms with Crippen LogP contribution in [-0.4, -0.2) is 18.2 Å². The van der Waals surface area contributed by atoms with Crippen molar-refractivity contribution in [1.82, 2.24) is 10.4 Å². The van der Waals surface area contributed by atoms with Crippen LogP contribution in [0.15, 0.2) is 42.6 Å². The average molecular weight is 287 g/mol. The minimum Gasteiger partial charge on any atom is -0.495 e. The van der Waals surface area contributed by atoms with E-state index in [4.69, 9.17) is 15.3 Å². The Kier molecular flexibility index (Phi) is 5.14. The third-order valence-electron chi connectivity index (χ3n) is 3.02. The van der Waals surface area contributed by atoms with Gasteiger partial charge in [0.1, 0.15) is 17.2 Å². The van der Waals surface area contributed by atoms with Gasteiger partial charge in [-0.05, 0) is 43.7 Å². The van der Waals surface area contributed by atoms with Crippen LogP contribution in [0, 0.1) is 0 Å². The molecular weight excluding hydrogens is 266 g/mol. The number of hydrogen-bond acceptors (Lipinski definition) is 5. The quantitative estimate of drug-likeness (QED) is 0.631. The molecule has 0 aliphatic rings. The fourth-order valence-corrected chi connectivity index (χ4v) is 2.16. The molecule has 21 heavy (non-hydrogen) atoms. The number of ether oxygens (including phenoxy) is 2. The molecule has 1 aromatic heterocycles. The van der Waals surface area contributed by atoms with E-state index in [-0.39, 0.29) is 12.1 Å². The molecule has 0 amide bonds. The van der Waals surface area contributed by atoms with Crippen LogP contribution >= 0.6 is 0 Å². The Morgan fingerprint density at radius 2 is 2.00 bits per heavy atom. The molecule has 1 heterocycles. The zero-order chi connectivity index (χ0) is 15.2. The van der Waals surface area contributed by atoms with Crippen molar-refractivity contribution in [3.05, 3.63) is 53.9 Å². The predicted octanol–water partition coefficient (Wildman–Crippen LogP) is 2.43. The average Bonchev–Trinajstić information content (AvgIpc) is 2.48. The third-order valence-corrected chi connectivity index (χ3v) is 3.02. The first-order valence-electron chi connectivity index (χ1n) is 6.87. The minimum absolute atomic E-state index is 0.119. The van der Waals surface area contributed by atoms with Crippen LogP contribution < -0.4 is 20.7 Å². The summed E-state index contributed by atoms with van der Waals surface area (Å²) in [5.74, 6) is 7.22. The topological polar surface area (TPSA) is 69.4 Å². The van der Waals surface area contributed by atoms with Gasteiger partial charge in [-0.15, -0.1) is 0 Å². The SMILES string of the molecule is COc1cccnc1C(NN)c1cccc(OC(C)C)c1. The number of nitrogens with two attached hydrogens (primary N) is 1. The number of aromatic nitrogens is 1. The first-order valence-corrected chi connectivity index (χ1v) is 6.87. The number of rotatable bonds is 6. The van der Waals surface area contributed by atoms with Crippen LogP contribution in [0.1, 0.15) is 31.1 Å². The summed E-state index contributed by atoms with van der Waals surface area (Å²) in [6, 6.07) is 11.2. The molecule has 0 saturated heterocycles. The smallest absolute Gasteiger partial charge is 0.142 e. The summed E-state index contributed by atoms with van der Waals surface area (Å²) in [7, 11) is 1.62. The van der Waals surface area contributed by atoms with Crippen molar-refractivity contribution < 1.29 is 9.47 Å². The maximum Gasteiger partial charge on any atom is 0.142 e. The lowest BCUT2D eigenvalue weighted by Crippen LogP contribution is -2.29. The van der Waals surface area contributed by atoms with Gasteiger partial charge in [-0.2, -0.15) is 0 Å². The molecule has 1 unspecified atom stereocenters. The number of hydrogen-bond donors (Lipinski definition) is 2. The molecule has 112 valence electrons. The van der Waals surface area contributed by atoms with Gasteiger partial charge in [0.05, 0.1) is 19.3 Å². The van der Waals surface area contributed by atoms with Crippen molar-refractivity contribution in [2.45, 2.75) is 26.0 Å². The summed E-state index contributed by atoms with van der Waals surface area (Å²) in [6.07, 6.45) is 1.84. The molecule has 2 rings (SSSR count). The van der Waals surface area contributed by atoms with E-state index in [9.17, 15) is 0 Å². The van der Waals surface area contributed by atoms with Crippen LogP contribution in [0.5, 0.6) is 11.5 Å². The van der Waals surface area contributed by atoms with Crippen LogP contribution in [-0.2, 0) is 0 Å². The summed E-state index contributed by atoms with van der Waals surface area (Å²) < 4.78 is 11.1. The summed E-state index contributed by atoms with van der Waals surface area (Å²) in [4.78, 5) is 4.38. The lowest BCUT2D eigenvalue weighted by molar-refractivity contribution is 0.242. The van der Waals surface area contributed by atoms with Crippen molar-refractivity contribution in [2.75, 3.05) is 7.11 Å². The van der Waals surface area contributed by atoms with Crippen molar-refractivity contribution in [3.63, 3.8) is 0 Å². The van der Waals surface area contributed by atoms with E-state index < -0.39 is 0 Å². The van der Waals surface area contributed by atoms with E-state index in [1.807, 2.05) is 50.2 Å². The van der Waals surface area contributed by atoms with Gasteiger partial charge < -0.3 is 9.47 Å². The number of nitrogens with one attached hydrogen (secondary N) is 1. The molecule has 2 aromatic rings. The van der Waals surface area contributed by atoms with E-state index in [0.717, 1.165) is 17.0 Å². The van der Waals surface area contributed by atoms with Gasteiger partial charge in [0.2, 0.25) is 0 Å². The fraction of sp³-hybridized carbons (Fsp3) is 0.312. The Hall–Kier alpha value is -2.11. The van der Waals surface area contributed by atoms with Crippen LogP contribution in [0.4, 0.5) is 0 Å². The van der Waals surface area contributed by atoms with E-state index in [0.29, 0.717) is 5.75 Å². The van der Waals surface area contributed by atoms with E-state index in [2.05, 4.69) is 10.4 Å². The first-order chi connectivity index (χ1) is 10.2. The molecule has 1 aromatic carbocycles. The molecule has 0 spiro atoms. The summed E-state index contributed by atoms with van der Waals surface area (Å²) in [5, 5.41) is 0. The highest BCUT2D eigenvalue weighted by atomic mass is 16.5. The fourth-order valence-electron chi connectivity index (χ4n) is 2.16. The normalized spacial score (nSPS) is 12.2. The van der Waals surface area contributed by atoms with Crippen molar-refractivity contribution >= 4 is 0 Å². The summed E-state index contributed by atoms with van der Waals surface area (Å²) >= 11 is 0. The Bertz CT molecular complexity index is 587. The molecule has 5 nitrogen and oxygen atoms in total. The molecular formula is C16H21N3O2. The van der Waals surface area contributed by atoms with Gasteiger partial charge in [0, 0.05) is 6.20 Å². The maximum absolute atomic E-state index is 5.73. The lowest BCUT2D eigenvalue weighted by Gasteiger charge is -2.19. The third kappa shape index (κ3) is 3.71. The highest BCUT2D eigenvalue weighted by molar-refractivity contribution is 5.39.